The van der Waals surface area contributed by atoms with Gasteiger partial charge in [0.25, 0.3) is 0 Å². The summed E-state index contributed by atoms with van der Waals surface area (Å²) in [7, 11) is 0. The molecule has 0 amide bonds. The van der Waals surface area contributed by atoms with E-state index in [4.69, 9.17) is 5.73 Å². The Kier molecular flexibility index (Phi) is 8.21. The van der Waals surface area contributed by atoms with Gasteiger partial charge in [0.05, 0.1) is 5.69 Å². The topological polar surface area (TPSA) is 51.8 Å². The number of nitrogens with zero attached hydrogens (tertiary/aromatic N) is 2. The second-order valence-corrected chi connectivity index (χ2v) is 2.79. The highest BCUT2D eigenvalue weighted by atomic mass is 35.5. The predicted molar refractivity (Wildman–Crippen MR) is 58.5 cm³/mol. The summed E-state index contributed by atoms with van der Waals surface area (Å²) < 4.78 is 0. The summed E-state index contributed by atoms with van der Waals surface area (Å²) in [6, 6.07) is 0. The fraction of sp³-hybridized carbons (Fsp3) is 0.500. The molecule has 0 fully saturated rings. The van der Waals surface area contributed by atoms with Crippen molar-refractivity contribution in [3.8, 4) is 0 Å². The zero-order valence-electron chi connectivity index (χ0n) is 7.73. The summed E-state index contributed by atoms with van der Waals surface area (Å²) in [5, 5.41) is 0. The van der Waals surface area contributed by atoms with Gasteiger partial charge >= 0.3 is 0 Å². The van der Waals surface area contributed by atoms with Crippen molar-refractivity contribution < 1.29 is 0 Å². The highest BCUT2D eigenvalue weighted by Crippen LogP contribution is 2.14. The fourth-order valence-corrected chi connectivity index (χ4v) is 1.05. The largest absolute Gasteiger partial charge is 0.326 e. The van der Waals surface area contributed by atoms with E-state index in [-0.39, 0.29) is 24.8 Å². The van der Waals surface area contributed by atoms with E-state index in [9.17, 15) is 0 Å². The summed E-state index contributed by atoms with van der Waals surface area (Å²) in [5.41, 5.74) is 7.61. The molecule has 0 atom stereocenters. The summed E-state index contributed by atoms with van der Waals surface area (Å²) in [6.45, 7) is 4.72. The maximum absolute atomic E-state index is 5.51. The van der Waals surface area contributed by atoms with Crippen molar-refractivity contribution >= 4 is 24.8 Å². The van der Waals surface area contributed by atoms with E-state index in [2.05, 4.69) is 23.8 Å². The molecule has 1 rings (SSSR count). The minimum absolute atomic E-state index is 0. The van der Waals surface area contributed by atoms with E-state index < -0.39 is 0 Å². The number of hydrogen-bond acceptors (Lipinski definition) is 3. The first kappa shape index (κ1) is 15.1. The van der Waals surface area contributed by atoms with Crippen LogP contribution in [-0.4, -0.2) is 9.97 Å². The predicted octanol–water partition coefficient (Wildman–Crippen LogP) is 1.90. The van der Waals surface area contributed by atoms with Gasteiger partial charge in [-0.25, -0.2) is 9.97 Å². The molecule has 0 bridgehead atoms. The third-order valence-corrected chi connectivity index (χ3v) is 1.59. The summed E-state index contributed by atoms with van der Waals surface area (Å²) in [4.78, 5) is 8.07. The molecule has 0 saturated carbocycles. The van der Waals surface area contributed by atoms with Crippen molar-refractivity contribution in [1.82, 2.24) is 9.97 Å². The molecule has 0 aliphatic heterocycles. The minimum atomic E-state index is 0. The zero-order chi connectivity index (χ0) is 8.27. The van der Waals surface area contributed by atoms with E-state index in [0.29, 0.717) is 12.5 Å². The number of nitrogens with two attached hydrogens (primary N) is 1. The summed E-state index contributed by atoms with van der Waals surface area (Å²) >= 11 is 0. The van der Waals surface area contributed by atoms with Crippen LogP contribution in [0.15, 0.2) is 12.5 Å². The van der Waals surface area contributed by atoms with E-state index in [1.54, 1.807) is 12.5 Å². The van der Waals surface area contributed by atoms with E-state index >= 15 is 0 Å². The van der Waals surface area contributed by atoms with Gasteiger partial charge in [-0.1, -0.05) is 13.8 Å². The molecule has 0 aliphatic carbocycles. The van der Waals surface area contributed by atoms with Gasteiger partial charge in [0.1, 0.15) is 6.33 Å². The van der Waals surface area contributed by atoms with E-state index in [1.165, 1.54) is 0 Å². The van der Waals surface area contributed by atoms with Crippen molar-refractivity contribution in [2.24, 2.45) is 5.73 Å². The molecule has 2 N–H and O–H groups in total. The number of halogens is 2. The smallest absolute Gasteiger partial charge is 0.115 e. The quantitative estimate of drug-likeness (QED) is 0.834. The molecule has 13 heavy (non-hydrogen) atoms. The van der Waals surface area contributed by atoms with Crippen molar-refractivity contribution in [3.63, 3.8) is 0 Å². The average molecular weight is 224 g/mol. The van der Waals surface area contributed by atoms with Crippen LogP contribution in [0.4, 0.5) is 0 Å². The molecular weight excluding hydrogens is 209 g/mol. The van der Waals surface area contributed by atoms with Gasteiger partial charge in [-0.05, 0) is 5.92 Å². The van der Waals surface area contributed by atoms with Crippen LogP contribution in [0.2, 0.25) is 0 Å². The Hall–Kier alpha value is -0.380. The summed E-state index contributed by atoms with van der Waals surface area (Å²) in [5.74, 6) is 0.427. The van der Waals surface area contributed by atoms with E-state index in [0.717, 1.165) is 11.3 Å². The number of rotatable bonds is 2. The molecule has 1 aromatic rings. The first-order chi connectivity index (χ1) is 5.25. The molecule has 1 heterocycles. The van der Waals surface area contributed by atoms with Gasteiger partial charge in [-0.2, -0.15) is 0 Å². The third kappa shape index (κ3) is 3.89. The maximum atomic E-state index is 5.51. The third-order valence-electron chi connectivity index (χ3n) is 1.59. The zero-order valence-corrected chi connectivity index (χ0v) is 9.36. The van der Waals surface area contributed by atoms with Crippen LogP contribution < -0.4 is 5.73 Å². The maximum Gasteiger partial charge on any atom is 0.115 e. The highest BCUT2D eigenvalue weighted by Gasteiger charge is 2.05. The second kappa shape index (κ2) is 7.06. The van der Waals surface area contributed by atoms with Crippen LogP contribution in [0.3, 0.4) is 0 Å². The first-order valence-corrected chi connectivity index (χ1v) is 3.74. The highest BCUT2D eigenvalue weighted by molar-refractivity contribution is 5.85. The van der Waals surface area contributed by atoms with Gasteiger partial charge in [-0.3, -0.25) is 0 Å². The lowest BCUT2D eigenvalue weighted by molar-refractivity contribution is 0.784. The monoisotopic (exact) mass is 223 g/mol. The number of aromatic nitrogens is 2. The van der Waals surface area contributed by atoms with Gasteiger partial charge < -0.3 is 5.73 Å². The Labute approximate surface area is 91.0 Å². The number of hydrogen-bond donors (Lipinski definition) is 1. The fourth-order valence-electron chi connectivity index (χ4n) is 1.05. The Balaban J connectivity index is 0. The van der Waals surface area contributed by atoms with Crippen molar-refractivity contribution in [2.75, 3.05) is 0 Å². The molecule has 76 valence electrons. The Morgan fingerprint density at radius 1 is 1.38 bits per heavy atom. The minimum Gasteiger partial charge on any atom is -0.326 e. The van der Waals surface area contributed by atoms with Gasteiger partial charge in [-0.15, -0.1) is 24.8 Å². The lowest BCUT2D eigenvalue weighted by Crippen LogP contribution is -2.05. The Bertz CT molecular complexity index is 241. The Morgan fingerprint density at radius 3 is 2.38 bits per heavy atom. The average Bonchev–Trinajstić information content (AvgIpc) is 2.04. The van der Waals surface area contributed by atoms with Crippen LogP contribution in [0.1, 0.15) is 31.0 Å². The normalized spacial score (nSPS) is 8.92. The molecule has 0 radical (unpaired) electrons. The molecule has 0 aromatic carbocycles. The second-order valence-electron chi connectivity index (χ2n) is 2.79. The van der Waals surface area contributed by atoms with Crippen LogP contribution in [0, 0.1) is 0 Å². The standard InChI is InChI=1S/C8H13N3.2ClH/c1-6(2)8-7(3-9)4-10-5-11-8;;/h4-6H,3,9H2,1-2H3;2*1H. The van der Waals surface area contributed by atoms with Crippen LogP contribution in [0.25, 0.3) is 0 Å². The van der Waals surface area contributed by atoms with Crippen LogP contribution in [0.5, 0.6) is 0 Å². The van der Waals surface area contributed by atoms with E-state index in [1.807, 2.05) is 0 Å². The van der Waals surface area contributed by atoms with Crippen molar-refractivity contribution in [1.29, 1.82) is 0 Å². The molecular formula is C8H15Cl2N3. The van der Waals surface area contributed by atoms with Gasteiger partial charge in [0.2, 0.25) is 0 Å². The van der Waals surface area contributed by atoms with Gasteiger partial charge in [0, 0.05) is 18.3 Å². The first-order valence-electron chi connectivity index (χ1n) is 3.74. The molecule has 3 nitrogen and oxygen atoms in total. The van der Waals surface area contributed by atoms with Gasteiger partial charge in [0.15, 0.2) is 0 Å². The van der Waals surface area contributed by atoms with Crippen LogP contribution >= 0.6 is 24.8 Å². The summed E-state index contributed by atoms with van der Waals surface area (Å²) in [6.07, 6.45) is 3.34. The molecule has 5 heteroatoms. The molecule has 0 spiro atoms. The lowest BCUT2D eigenvalue weighted by Gasteiger charge is -2.07. The Morgan fingerprint density at radius 2 is 2.00 bits per heavy atom. The SMILES string of the molecule is CC(C)c1ncncc1CN.Cl.Cl. The lowest BCUT2D eigenvalue weighted by atomic mass is 10.1. The molecule has 0 saturated heterocycles. The van der Waals surface area contributed by atoms with Crippen LogP contribution in [-0.2, 0) is 6.54 Å². The molecule has 0 unspecified atom stereocenters. The van der Waals surface area contributed by atoms with Crippen molar-refractivity contribution in [2.45, 2.75) is 26.3 Å². The van der Waals surface area contributed by atoms with Crippen molar-refractivity contribution in [3.05, 3.63) is 23.8 Å². The molecule has 1 aromatic heterocycles. The molecule has 0 aliphatic rings.